The van der Waals surface area contributed by atoms with E-state index in [0.29, 0.717) is 13.1 Å². The Morgan fingerprint density at radius 1 is 1.25 bits per heavy atom. The summed E-state index contributed by atoms with van der Waals surface area (Å²) >= 11 is 0. The third-order valence-electron chi connectivity index (χ3n) is 4.52. The van der Waals surface area contributed by atoms with Crippen molar-refractivity contribution in [3.8, 4) is 0 Å². The lowest BCUT2D eigenvalue weighted by Crippen LogP contribution is -2.55. The number of nitrogens with zero attached hydrogens (tertiary/aromatic N) is 2. The van der Waals surface area contributed by atoms with Crippen LogP contribution in [0.2, 0.25) is 0 Å². The molecule has 0 bridgehead atoms. The van der Waals surface area contributed by atoms with Crippen LogP contribution in [0, 0.1) is 5.82 Å². The van der Waals surface area contributed by atoms with Gasteiger partial charge in [0, 0.05) is 37.8 Å². The summed E-state index contributed by atoms with van der Waals surface area (Å²) in [5.41, 5.74) is 0.203. The molecule has 0 saturated carbocycles. The second-order valence-electron chi connectivity index (χ2n) is 6.49. The van der Waals surface area contributed by atoms with Crippen LogP contribution in [0.15, 0.2) is 18.2 Å². The highest BCUT2D eigenvalue weighted by molar-refractivity contribution is 6.02. The summed E-state index contributed by atoms with van der Waals surface area (Å²) in [6.07, 6.45) is -2.53. The molecular formula is C18H19FN2O7. The monoisotopic (exact) mass is 394 g/mol. The minimum Gasteiger partial charge on any atom is -0.478 e. The molecule has 0 aromatic heterocycles. The predicted octanol–water partition coefficient (Wildman–Crippen LogP) is 0.420. The molecule has 2 saturated heterocycles. The number of carboxylic acids is 1. The number of benzene rings is 1. The fourth-order valence-electron chi connectivity index (χ4n) is 3.06. The van der Waals surface area contributed by atoms with Gasteiger partial charge < -0.3 is 24.4 Å². The standard InChI is InChI=1S/C18H19FN2O7/c1-10(22)28-15(18(25)26)14-17(24)21(5-6-27-14)13-8-11(7-12(19)9-13)16(23)20-3-2-4-20/h7-9,14-15H,2-6H2,1H3,(H,25,26). The van der Waals surface area contributed by atoms with Gasteiger partial charge in [0.15, 0.2) is 6.10 Å². The van der Waals surface area contributed by atoms with Gasteiger partial charge >= 0.3 is 11.9 Å². The van der Waals surface area contributed by atoms with Gasteiger partial charge in [-0.1, -0.05) is 0 Å². The number of rotatable bonds is 5. The van der Waals surface area contributed by atoms with E-state index in [0.717, 1.165) is 30.4 Å². The van der Waals surface area contributed by atoms with Crippen LogP contribution in [0.25, 0.3) is 0 Å². The van der Waals surface area contributed by atoms with Crippen LogP contribution in [-0.4, -0.2) is 72.2 Å². The van der Waals surface area contributed by atoms with E-state index in [4.69, 9.17) is 9.47 Å². The molecule has 1 aromatic carbocycles. The van der Waals surface area contributed by atoms with E-state index in [2.05, 4.69) is 0 Å². The second-order valence-corrected chi connectivity index (χ2v) is 6.49. The summed E-state index contributed by atoms with van der Waals surface area (Å²) < 4.78 is 24.0. The average Bonchev–Trinajstić information content (AvgIpc) is 2.57. The molecule has 0 aliphatic carbocycles. The Kier molecular flexibility index (Phi) is 5.59. The van der Waals surface area contributed by atoms with E-state index >= 15 is 0 Å². The summed E-state index contributed by atoms with van der Waals surface area (Å²) in [7, 11) is 0. The van der Waals surface area contributed by atoms with E-state index in [9.17, 15) is 28.7 Å². The van der Waals surface area contributed by atoms with E-state index in [1.54, 1.807) is 4.90 Å². The van der Waals surface area contributed by atoms with Crippen LogP contribution in [-0.2, 0) is 23.9 Å². The SMILES string of the molecule is CC(=O)OC(C(=O)O)C1OCCN(c2cc(F)cc(C(=O)N3CCC3)c2)C1=O. The highest BCUT2D eigenvalue weighted by Crippen LogP contribution is 2.25. The number of carboxylic acid groups (broad SMARTS) is 1. The second kappa shape index (κ2) is 7.93. The highest BCUT2D eigenvalue weighted by atomic mass is 19.1. The largest absolute Gasteiger partial charge is 0.478 e. The molecule has 2 atom stereocenters. The van der Waals surface area contributed by atoms with Gasteiger partial charge in [0.05, 0.1) is 6.61 Å². The Morgan fingerprint density at radius 2 is 1.96 bits per heavy atom. The molecule has 0 radical (unpaired) electrons. The number of hydrogen-bond donors (Lipinski definition) is 1. The first kappa shape index (κ1) is 19.7. The number of esters is 1. The zero-order valence-corrected chi connectivity index (χ0v) is 15.1. The summed E-state index contributed by atoms with van der Waals surface area (Å²) in [4.78, 5) is 50.4. The number of halogens is 1. The quantitative estimate of drug-likeness (QED) is 0.720. The molecule has 2 amide bonds. The molecule has 2 fully saturated rings. The maximum atomic E-state index is 14.1. The number of amides is 2. The van der Waals surface area contributed by atoms with Crippen LogP contribution in [0.5, 0.6) is 0 Å². The average molecular weight is 394 g/mol. The summed E-state index contributed by atoms with van der Waals surface area (Å²) in [6.45, 7) is 2.18. The number of anilines is 1. The van der Waals surface area contributed by atoms with Gasteiger partial charge in [0.1, 0.15) is 5.82 Å². The van der Waals surface area contributed by atoms with Gasteiger partial charge in [-0.05, 0) is 24.6 Å². The lowest BCUT2D eigenvalue weighted by atomic mass is 10.1. The van der Waals surface area contributed by atoms with E-state index in [1.807, 2.05) is 0 Å². The molecule has 1 aromatic rings. The lowest BCUT2D eigenvalue weighted by molar-refractivity contribution is -0.177. The molecule has 0 spiro atoms. The normalized spacial score (nSPS) is 20.4. The Hall–Kier alpha value is -3.01. The molecule has 1 N–H and O–H groups in total. The van der Waals surface area contributed by atoms with Crippen LogP contribution in [0.1, 0.15) is 23.7 Å². The first-order valence-electron chi connectivity index (χ1n) is 8.71. The number of ether oxygens (including phenoxy) is 2. The molecule has 10 heteroatoms. The van der Waals surface area contributed by atoms with E-state index < -0.39 is 35.9 Å². The Bertz CT molecular complexity index is 824. The molecule has 2 unspecified atom stereocenters. The number of aliphatic carboxylic acids is 1. The van der Waals surface area contributed by atoms with Crippen LogP contribution in [0.4, 0.5) is 10.1 Å². The van der Waals surface area contributed by atoms with E-state index in [1.165, 1.54) is 6.07 Å². The van der Waals surface area contributed by atoms with Gasteiger partial charge in [-0.25, -0.2) is 9.18 Å². The van der Waals surface area contributed by atoms with Crippen molar-refractivity contribution in [1.29, 1.82) is 0 Å². The van der Waals surface area contributed by atoms with Gasteiger partial charge in [0.25, 0.3) is 11.8 Å². The maximum absolute atomic E-state index is 14.1. The fourth-order valence-corrected chi connectivity index (χ4v) is 3.06. The highest BCUT2D eigenvalue weighted by Gasteiger charge is 2.42. The molecule has 2 heterocycles. The number of hydrogen-bond acceptors (Lipinski definition) is 6. The van der Waals surface area contributed by atoms with E-state index in [-0.39, 0.29) is 30.3 Å². The molecule has 150 valence electrons. The van der Waals surface area contributed by atoms with Crippen LogP contribution >= 0.6 is 0 Å². The van der Waals surface area contributed by atoms with Crippen LogP contribution < -0.4 is 4.90 Å². The van der Waals surface area contributed by atoms with Crippen molar-refractivity contribution in [2.75, 3.05) is 31.1 Å². The van der Waals surface area contributed by atoms with Gasteiger partial charge in [-0.3, -0.25) is 14.4 Å². The number of likely N-dealkylation sites (tertiary alicyclic amines) is 1. The first-order chi connectivity index (χ1) is 13.3. The number of carbonyl (C=O) groups is 4. The van der Waals surface area contributed by atoms with Crippen LogP contribution in [0.3, 0.4) is 0 Å². The van der Waals surface area contributed by atoms with Gasteiger partial charge in [-0.2, -0.15) is 0 Å². The molecule has 9 nitrogen and oxygen atoms in total. The van der Waals surface area contributed by atoms with Crippen molar-refractivity contribution in [2.24, 2.45) is 0 Å². The Morgan fingerprint density at radius 3 is 2.54 bits per heavy atom. The van der Waals surface area contributed by atoms with Crippen molar-refractivity contribution in [3.63, 3.8) is 0 Å². The topological polar surface area (TPSA) is 113 Å². The van der Waals surface area contributed by atoms with Crippen molar-refractivity contribution in [1.82, 2.24) is 4.90 Å². The Labute approximate surface area is 159 Å². The minimum atomic E-state index is -1.83. The molecule has 2 aliphatic rings. The third kappa shape index (κ3) is 3.96. The Balaban J connectivity index is 1.87. The summed E-state index contributed by atoms with van der Waals surface area (Å²) in [5.74, 6) is -4.26. The number of carbonyl (C=O) groups excluding carboxylic acids is 3. The minimum absolute atomic E-state index is 0.0303. The molecule has 2 aliphatic heterocycles. The third-order valence-corrected chi connectivity index (χ3v) is 4.52. The van der Waals surface area contributed by atoms with Crippen molar-refractivity contribution < 1.29 is 38.1 Å². The summed E-state index contributed by atoms with van der Waals surface area (Å²) in [5, 5.41) is 9.27. The number of morpholine rings is 1. The molecule has 3 rings (SSSR count). The fraction of sp³-hybridized carbons (Fsp3) is 0.444. The van der Waals surface area contributed by atoms with Gasteiger partial charge in [-0.15, -0.1) is 0 Å². The lowest BCUT2D eigenvalue weighted by Gasteiger charge is -2.35. The summed E-state index contributed by atoms with van der Waals surface area (Å²) in [6, 6.07) is 3.55. The zero-order chi connectivity index (χ0) is 20.4. The molecule has 28 heavy (non-hydrogen) atoms. The predicted molar refractivity (Wildman–Crippen MR) is 92.2 cm³/mol. The van der Waals surface area contributed by atoms with Crippen molar-refractivity contribution in [3.05, 3.63) is 29.6 Å². The molecular weight excluding hydrogens is 375 g/mol. The van der Waals surface area contributed by atoms with Crippen molar-refractivity contribution >= 4 is 29.4 Å². The first-order valence-corrected chi connectivity index (χ1v) is 8.71. The maximum Gasteiger partial charge on any atom is 0.348 e. The smallest absolute Gasteiger partial charge is 0.348 e. The van der Waals surface area contributed by atoms with Crippen molar-refractivity contribution in [2.45, 2.75) is 25.6 Å². The zero-order valence-electron chi connectivity index (χ0n) is 15.1. The van der Waals surface area contributed by atoms with Gasteiger partial charge in [0.2, 0.25) is 6.10 Å².